The topological polar surface area (TPSA) is 96.4 Å². The second-order valence-electron chi connectivity index (χ2n) is 11.1. The third kappa shape index (κ3) is 5.81. The molecule has 0 aromatic heterocycles. The maximum atomic E-state index is 13.6. The van der Waals surface area contributed by atoms with Crippen molar-refractivity contribution in [2.75, 3.05) is 13.2 Å². The van der Waals surface area contributed by atoms with Gasteiger partial charge >= 0.3 is 12.1 Å². The molecule has 33 heavy (non-hydrogen) atoms. The number of carboxylic acid groups (broad SMARTS) is 1. The second kappa shape index (κ2) is 10.2. The number of carbonyl (C=O) groups excluding carboxylic acids is 2. The van der Waals surface area contributed by atoms with Crippen molar-refractivity contribution in [2.45, 2.75) is 122 Å². The average Bonchev–Trinajstić information content (AvgIpc) is 3.44. The van der Waals surface area contributed by atoms with Crippen LogP contribution in [0, 0.1) is 5.41 Å². The van der Waals surface area contributed by atoms with E-state index >= 15 is 0 Å². The zero-order valence-corrected chi connectivity index (χ0v) is 21.0. The van der Waals surface area contributed by atoms with E-state index in [1.165, 1.54) is 4.90 Å². The molecule has 0 unspecified atom stereocenters. The molecule has 1 aliphatic carbocycles. The Hall–Kier alpha value is -1.83. The van der Waals surface area contributed by atoms with E-state index in [4.69, 9.17) is 9.47 Å². The van der Waals surface area contributed by atoms with Gasteiger partial charge in [0.2, 0.25) is 0 Å². The molecule has 0 radical (unpaired) electrons. The molecule has 2 aliphatic heterocycles. The van der Waals surface area contributed by atoms with Crippen molar-refractivity contribution in [1.82, 2.24) is 9.80 Å². The molecule has 2 saturated heterocycles. The van der Waals surface area contributed by atoms with Crippen LogP contribution in [-0.2, 0) is 19.1 Å². The summed E-state index contributed by atoms with van der Waals surface area (Å²) in [6.07, 6.45) is 6.86. The molecule has 3 atom stereocenters. The minimum Gasteiger partial charge on any atom is -0.480 e. The van der Waals surface area contributed by atoms with Crippen molar-refractivity contribution < 1.29 is 29.0 Å². The Morgan fingerprint density at radius 3 is 2.21 bits per heavy atom. The van der Waals surface area contributed by atoms with E-state index < -0.39 is 29.8 Å². The van der Waals surface area contributed by atoms with Gasteiger partial charge in [0.25, 0.3) is 5.91 Å². The van der Waals surface area contributed by atoms with Gasteiger partial charge in [-0.2, -0.15) is 0 Å². The molecule has 3 rings (SSSR count). The van der Waals surface area contributed by atoms with Crippen LogP contribution in [0.5, 0.6) is 0 Å². The number of hydrogen-bond acceptors (Lipinski definition) is 5. The normalized spacial score (nSPS) is 28.0. The fourth-order valence-electron chi connectivity index (χ4n) is 5.82. The summed E-state index contributed by atoms with van der Waals surface area (Å²) in [5.41, 5.74) is -0.394. The van der Waals surface area contributed by atoms with Gasteiger partial charge in [-0.3, -0.25) is 9.69 Å². The fraction of sp³-hybridized carbons (Fsp3) is 0.880. The van der Waals surface area contributed by atoms with Crippen molar-refractivity contribution in [1.29, 1.82) is 0 Å². The van der Waals surface area contributed by atoms with Gasteiger partial charge < -0.3 is 19.5 Å². The predicted octanol–water partition coefficient (Wildman–Crippen LogP) is 4.21. The first-order valence-electron chi connectivity index (χ1n) is 12.7. The molecule has 8 nitrogen and oxygen atoms in total. The summed E-state index contributed by atoms with van der Waals surface area (Å²) in [6, 6.07) is -1.30. The van der Waals surface area contributed by atoms with Crippen LogP contribution in [-0.4, -0.2) is 75.9 Å². The average molecular weight is 467 g/mol. The molecule has 0 bridgehead atoms. The summed E-state index contributed by atoms with van der Waals surface area (Å²) in [7, 11) is 0. The quantitative estimate of drug-likeness (QED) is 0.630. The van der Waals surface area contributed by atoms with Crippen LogP contribution in [0.4, 0.5) is 4.79 Å². The van der Waals surface area contributed by atoms with Crippen molar-refractivity contribution in [2.24, 2.45) is 5.41 Å². The molecular weight excluding hydrogens is 424 g/mol. The molecule has 3 fully saturated rings. The first-order chi connectivity index (χ1) is 15.5. The number of rotatable bonds is 6. The minimum absolute atomic E-state index is 0.0434. The second-order valence-corrected chi connectivity index (χ2v) is 11.1. The molecule has 1 N–H and O–H groups in total. The summed E-state index contributed by atoms with van der Waals surface area (Å²) < 4.78 is 11.2. The molecule has 0 aromatic carbocycles. The summed E-state index contributed by atoms with van der Waals surface area (Å²) in [5, 5.41) is 9.85. The minimum atomic E-state index is -1.06. The number of carboxylic acids is 1. The van der Waals surface area contributed by atoms with Crippen LogP contribution >= 0.6 is 0 Å². The lowest BCUT2D eigenvalue weighted by molar-refractivity contribution is -0.148. The van der Waals surface area contributed by atoms with Gasteiger partial charge in [-0.05, 0) is 64.7 Å². The van der Waals surface area contributed by atoms with Crippen molar-refractivity contribution in [3.8, 4) is 0 Å². The highest BCUT2D eigenvalue weighted by Gasteiger charge is 2.48. The largest absolute Gasteiger partial charge is 0.480 e. The summed E-state index contributed by atoms with van der Waals surface area (Å²) in [6.45, 7) is 10.5. The zero-order chi connectivity index (χ0) is 24.4. The smallest absolute Gasteiger partial charge is 0.411 e. The van der Waals surface area contributed by atoms with Crippen molar-refractivity contribution in [3.05, 3.63) is 0 Å². The van der Waals surface area contributed by atoms with E-state index in [9.17, 15) is 19.5 Å². The molecular formula is C25H42N2O6. The van der Waals surface area contributed by atoms with E-state index in [2.05, 4.69) is 13.8 Å². The summed E-state index contributed by atoms with van der Waals surface area (Å²) in [4.78, 5) is 41.7. The Labute approximate surface area is 198 Å². The number of aliphatic carboxylic acids is 1. The third-order valence-corrected chi connectivity index (χ3v) is 7.95. The maximum Gasteiger partial charge on any atom is 0.411 e. The SMILES string of the molecule is CCC1(CC)CCC(N(C(=O)[C@@H]2CCCO2)[C@H]2C[C@@H](C(=O)O)N(C(=O)OC(C)(C)C)C2)CC1. The number of amides is 2. The lowest BCUT2D eigenvalue weighted by Crippen LogP contribution is -2.53. The molecule has 0 spiro atoms. The fourth-order valence-corrected chi connectivity index (χ4v) is 5.82. The number of hydrogen-bond donors (Lipinski definition) is 1. The van der Waals surface area contributed by atoms with Gasteiger partial charge in [0.15, 0.2) is 0 Å². The number of ether oxygens (including phenoxy) is 2. The highest BCUT2D eigenvalue weighted by atomic mass is 16.6. The van der Waals surface area contributed by atoms with Crippen LogP contribution in [0.3, 0.4) is 0 Å². The van der Waals surface area contributed by atoms with Crippen LogP contribution in [0.15, 0.2) is 0 Å². The van der Waals surface area contributed by atoms with Gasteiger partial charge in [-0.15, -0.1) is 0 Å². The highest BCUT2D eigenvalue weighted by Crippen LogP contribution is 2.44. The maximum absolute atomic E-state index is 13.6. The first-order valence-corrected chi connectivity index (χ1v) is 12.7. The Kier molecular flexibility index (Phi) is 7.97. The van der Waals surface area contributed by atoms with E-state index in [1.807, 2.05) is 4.90 Å². The van der Waals surface area contributed by atoms with Crippen LogP contribution in [0.1, 0.15) is 92.4 Å². The lowest BCUT2D eigenvalue weighted by Gasteiger charge is -2.45. The van der Waals surface area contributed by atoms with Crippen molar-refractivity contribution in [3.63, 3.8) is 0 Å². The molecule has 188 valence electrons. The van der Waals surface area contributed by atoms with Gasteiger partial charge in [-0.25, -0.2) is 9.59 Å². The van der Waals surface area contributed by atoms with Gasteiger partial charge in [-0.1, -0.05) is 26.7 Å². The van der Waals surface area contributed by atoms with E-state index in [0.29, 0.717) is 18.4 Å². The molecule has 2 amide bonds. The number of nitrogens with zero attached hydrogens (tertiary/aromatic N) is 2. The highest BCUT2D eigenvalue weighted by molar-refractivity contribution is 5.84. The predicted molar refractivity (Wildman–Crippen MR) is 124 cm³/mol. The summed E-state index contributed by atoms with van der Waals surface area (Å²) in [5.74, 6) is -1.11. The van der Waals surface area contributed by atoms with E-state index in [0.717, 1.165) is 44.9 Å². The monoisotopic (exact) mass is 466 g/mol. The lowest BCUT2D eigenvalue weighted by atomic mass is 9.69. The Morgan fingerprint density at radius 2 is 1.73 bits per heavy atom. The van der Waals surface area contributed by atoms with Crippen molar-refractivity contribution >= 4 is 18.0 Å². The summed E-state index contributed by atoms with van der Waals surface area (Å²) >= 11 is 0. The van der Waals surface area contributed by atoms with Crippen LogP contribution < -0.4 is 0 Å². The van der Waals surface area contributed by atoms with Gasteiger partial charge in [0, 0.05) is 25.6 Å². The molecule has 8 heteroatoms. The number of likely N-dealkylation sites (tertiary alicyclic amines) is 1. The Balaban J connectivity index is 1.83. The van der Waals surface area contributed by atoms with Crippen LogP contribution in [0.25, 0.3) is 0 Å². The first kappa shape index (κ1) is 25.8. The molecule has 0 aromatic rings. The van der Waals surface area contributed by atoms with E-state index in [1.54, 1.807) is 20.8 Å². The van der Waals surface area contributed by atoms with E-state index in [-0.39, 0.29) is 31.0 Å². The standard InChI is InChI=1S/C25H42N2O6/c1-6-25(7-2)12-10-17(11-13-25)27(21(28)20-9-8-14-32-20)18-15-19(22(29)30)26(16-18)23(31)33-24(3,4)5/h17-20H,6-16H2,1-5H3,(H,29,30)/t18-,19-,20-/m0/s1. The van der Waals surface area contributed by atoms with Gasteiger partial charge in [0.1, 0.15) is 17.7 Å². The zero-order valence-electron chi connectivity index (χ0n) is 21.0. The number of carbonyl (C=O) groups is 3. The Morgan fingerprint density at radius 1 is 1.09 bits per heavy atom. The molecule has 2 heterocycles. The third-order valence-electron chi connectivity index (χ3n) is 7.95. The molecule has 3 aliphatic rings. The Bertz CT molecular complexity index is 713. The van der Waals surface area contributed by atoms with Crippen LogP contribution in [0.2, 0.25) is 0 Å². The molecule has 1 saturated carbocycles. The van der Waals surface area contributed by atoms with Gasteiger partial charge in [0.05, 0.1) is 6.04 Å².